The highest BCUT2D eigenvalue weighted by molar-refractivity contribution is 6.30. The van der Waals surface area contributed by atoms with Crippen molar-refractivity contribution in [2.24, 2.45) is 23.2 Å². The van der Waals surface area contributed by atoms with Crippen LogP contribution in [0.1, 0.15) is 62.4 Å². The van der Waals surface area contributed by atoms with E-state index >= 15 is 0 Å². The van der Waals surface area contributed by atoms with Gasteiger partial charge in [-0.15, -0.1) is 0 Å². The molecule has 4 saturated carbocycles. The Morgan fingerprint density at radius 1 is 1.26 bits per heavy atom. The van der Waals surface area contributed by atoms with E-state index < -0.39 is 5.82 Å². The van der Waals surface area contributed by atoms with E-state index in [1.807, 2.05) is 0 Å². The molecular formula is C24H29ClFN3O2. The summed E-state index contributed by atoms with van der Waals surface area (Å²) in [7, 11) is 0. The molecule has 2 aromatic rings. The zero-order valence-electron chi connectivity index (χ0n) is 17.8. The quantitative estimate of drug-likeness (QED) is 0.617. The molecule has 1 aromatic heterocycles. The number of carbonyl (C=O) groups excluding carboxylic acids is 1. The summed E-state index contributed by atoms with van der Waals surface area (Å²) < 4.78 is 20.4. The van der Waals surface area contributed by atoms with Gasteiger partial charge in [-0.1, -0.05) is 18.5 Å². The monoisotopic (exact) mass is 445 g/mol. The van der Waals surface area contributed by atoms with Crippen LogP contribution in [0.15, 0.2) is 30.5 Å². The lowest BCUT2D eigenvalue weighted by Gasteiger charge is -2.59. The third kappa shape index (κ3) is 4.07. The molecule has 0 aliphatic heterocycles. The average Bonchev–Trinajstić information content (AvgIpc) is 3.21. The van der Waals surface area contributed by atoms with E-state index in [4.69, 9.17) is 16.3 Å². The first kappa shape index (κ1) is 20.8. The molecule has 1 heterocycles. The van der Waals surface area contributed by atoms with Gasteiger partial charge in [0.25, 0.3) is 5.91 Å². The minimum atomic E-state index is -0.489. The lowest BCUT2D eigenvalue weighted by molar-refractivity contribution is -0.0727. The van der Waals surface area contributed by atoms with Gasteiger partial charge in [0, 0.05) is 18.3 Å². The van der Waals surface area contributed by atoms with Crippen LogP contribution < -0.4 is 10.1 Å². The maximum Gasteiger partial charge on any atom is 0.272 e. The van der Waals surface area contributed by atoms with Crippen molar-refractivity contribution in [1.29, 1.82) is 0 Å². The van der Waals surface area contributed by atoms with E-state index in [1.165, 1.54) is 56.7 Å². The fraction of sp³-hybridized carbons (Fsp3) is 0.583. The Labute approximate surface area is 187 Å². The summed E-state index contributed by atoms with van der Waals surface area (Å²) in [6.45, 7) is 2.30. The fourth-order valence-corrected chi connectivity index (χ4v) is 6.96. The van der Waals surface area contributed by atoms with E-state index in [9.17, 15) is 9.18 Å². The molecule has 4 bridgehead atoms. The van der Waals surface area contributed by atoms with Crippen molar-refractivity contribution in [1.82, 2.24) is 15.1 Å². The van der Waals surface area contributed by atoms with Gasteiger partial charge < -0.3 is 10.1 Å². The largest absolute Gasteiger partial charge is 0.471 e. The molecule has 7 heteroatoms. The molecule has 1 atom stereocenters. The number of hydrogen-bond acceptors (Lipinski definition) is 3. The number of carbonyl (C=O) groups is 1. The number of nitrogens with one attached hydrogen (secondary N) is 1. The summed E-state index contributed by atoms with van der Waals surface area (Å²) >= 11 is 5.79. The van der Waals surface area contributed by atoms with Crippen molar-refractivity contribution in [2.75, 3.05) is 0 Å². The molecule has 1 amide bonds. The summed E-state index contributed by atoms with van der Waals surface area (Å²) in [4.78, 5) is 13.0. The number of benzene rings is 1. The summed E-state index contributed by atoms with van der Waals surface area (Å²) in [5, 5.41) is 7.71. The first-order chi connectivity index (χ1) is 14.9. The summed E-state index contributed by atoms with van der Waals surface area (Å²) in [6, 6.07) is 6.11. The van der Waals surface area contributed by atoms with Crippen LogP contribution in [0.3, 0.4) is 0 Å². The summed E-state index contributed by atoms with van der Waals surface area (Å²) in [5.41, 5.74) is 0.663. The van der Waals surface area contributed by atoms with Crippen LogP contribution in [0, 0.1) is 29.0 Å². The standard InChI is InChI=1S/C24H29ClFN3O2/c1-2-22(24-11-15-7-16(12-24)9-17(8-15)13-24)27-23(30)21-5-6-29(28-21)14-31-18-3-4-20(26)19(25)10-18/h3-6,10,15-17,22H,2,7-9,11-14H2,1H3,(H,27,30). The molecule has 1 unspecified atom stereocenters. The highest BCUT2D eigenvalue weighted by atomic mass is 35.5. The molecule has 0 radical (unpaired) electrons. The van der Waals surface area contributed by atoms with Crippen LogP contribution in [0.5, 0.6) is 5.75 Å². The number of aromatic nitrogens is 2. The Bertz CT molecular complexity index is 940. The van der Waals surface area contributed by atoms with E-state index in [-0.39, 0.29) is 29.1 Å². The van der Waals surface area contributed by atoms with Gasteiger partial charge in [0.15, 0.2) is 6.73 Å². The lowest BCUT2D eigenvalue weighted by Crippen LogP contribution is -2.56. The van der Waals surface area contributed by atoms with Crippen LogP contribution in [0.25, 0.3) is 0 Å². The van der Waals surface area contributed by atoms with E-state index in [2.05, 4.69) is 17.3 Å². The van der Waals surface area contributed by atoms with Crippen LogP contribution in [-0.4, -0.2) is 21.7 Å². The molecular weight excluding hydrogens is 417 g/mol. The van der Waals surface area contributed by atoms with Crippen molar-refractivity contribution in [3.8, 4) is 5.75 Å². The first-order valence-electron chi connectivity index (χ1n) is 11.4. The van der Waals surface area contributed by atoms with Crippen LogP contribution in [-0.2, 0) is 6.73 Å². The molecule has 166 valence electrons. The third-order valence-electron chi connectivity index (χ3n) is 7.67. The van der Waals surface area contributed by atoms with Crippen molar-refractivity contribution in [2.45, 2.75) is 64.6 Å². The Balaban J connectivity index is 1.22. The smallest absolute Gasteiger partial charge is 0.272 e. The maximum absolute atomic E-state index is 13.3. The predicted octanol–water partition coefficient (Wildman–Crippen LogP) is 5.44. The number of rotatable bonds is 7. The van der Waals surface area contributed by atoms with Crippen molar-refractivity contribution in [3.05, 3.63) is 47.0 Å². The molecule has 4 aliphatic carbocycles. The van der Waals surface area contributed by atoms with E-state index in [0.717, 1.165) is 24.2 Å². The molecule has 1 aromatic carbocycles. The highest BCUT2D eigenvalue weighted by Gasteiger charge is 2.54. The molecule has 0 saturated heterocycles. The molecule has 0 spiro atoms. The molecule has 4 aliphatic rings. The molecule has 5 nitrogen and oxygen atoms in total. The van der Waals surface area contributed by atoms with Crippen LogP contribution in [0.4, 0.5) is 4.39 Å². The number of ether oxygens (including phenoxy) is 1. The number of halogens is 2. The van der Waals surface area contributed by atoms with Gasteiger partial charge in [-0.3, -0.25) is 4.79 Å². The summed E-state index contributed by atoms with van der Waals surface area (Å²) in [6.07, 6.45) is 10.6. The minimum Gasteiger partial charge on any atom is -0.471 e. The maximum atomic E-state index is 13.3. The second kappa shape index (κ2) is 8.12. The minimum absolute atomic E-state index is 0.00770. The molecule has 6 rings (SSSR count). The Morgan fingerprint density at radius 3 is 2.55 bits per heavy atom. The lowest BCUT2D eigenvalue weighted by atomic mass is 9.47. The molecule has 31 heavy (non-hydrogen) atoms. The molecule has 1 N–H and O–H groups in total. The zero-order chi connectivity index (χ0) is 21.6. The topological polar surface area (TPSA) is 56.2 Å². The SMILES string of the molecule is CCC(NC(=O)c1ccn(COc2ccc(F)c(Cl)c2)n1)C12CC3CC(CC(C3)C1)C2. The second-order valence-electron chi connectivity index (χ2n) is 9.80. The van der Waals surface area contributed by atoms with Crippen LogP contribution in [0.2, 0.25) is 5.02 Å². The van der Waals surface area contributed by atoms with Gasteiger partial charge >= 0.3 is 0 Å². The van der Waals surface area contributed by atoms with Crippen molar-refractivity contribution >= 4 is 17.5 Å². The van der Waals surface area contributed by atoms with Gasteiger partial charge in [-0.25, -0.2) is 9.07 Å². The zero-order valence-corrected chi connectivity index (χ0v) is 18.6. The Hall–Kier alpha value is -2.08. The fourth-order valence-electron chi connectivity index (χ4n) is 6.79. The number of amides is 1. The normalized spacial score (nSPS) is 29.7. The Kier molecular flexibility index (Phi) is 5.45. The Morgan fingerprint density at radius 2 is 1.94 bits per heavy atom. The van der Waals surface area contributed by atoms with Crippen LogP contribution >= 0.6 is 11.6 Å². The summed E-state index contributed by atoms with van der Waals surface area (Å²) in [5.74, 6) is 2.40. The predicted molar refractivity (Wildman–Crippen MR) is 116 cm³/mol. The third-order valence-corrected chi connectivity index (χ3v) is 7.96. The van der Waals surface area contributed by atoms with Gasteiger partial charge in [-0.05, 0) is 86.3 Å². The average molecular weight is 446 g/mol. The van der Waals surface area contributed by atoms with Gasteiger partial charge in [-0.2, -0.15) is 5.10 Å². The molecule has 4 fully saturated rings. The van der Waals surface area contributed by atoms with Gasteiger partial charge in [0.1, 0.15) is 17.3 Å². The second-order valence-corrected chi connectivity index (χ2v) is 10.2. The van der Waals surface area contributed by atoms with E-state index in [0.29, 0.717) is 11.4 Å². The number of nitrogens with zero attached hydrogens (tertiary/aromatic N) is 2. The highest BCUT2D eigenvalue weighted by Crippen LogP contribution is 2.61. The van der Waals surface area contributed by atoms with Gasteiger partial charge in [0.05, 0.1) is 5.02 Å². The first-order valence-corrected chi connectivity index (χ1v) is 11.7. The van der Waals surface area contributed by atoms with Gasteiger partial charge in [0.2, 0.25) is 0 Å². The van der Waals surface area contributed by atoms with Crippen molar-refractivity contribution in [3.63, 3.8) is 0 Å². The number of hydrogen-bond donors (Lipinski definition) is 1. The van der Waals surface area contributed by atoms with E-state index in [1.54, 1.807) is 16.9 Å². The van der Waals surface area contributed by atoms with Crippen molar-refractivity contribution < 1.29 is 13.9 Å².